The lowest BCUT2D eigenvalue weighted by Crippen LogP contribution is -2.30. The van der Waals surface area contributed by atoms with Crippen LogP contribution in [0.2, 0.25) is 0 Å². The number of fused-ring (bicyclic) bond motifs is 1. The smallest absolute Gasteiger partial charge is 0.0811 e. The Balaban J connectivity index is 1.70. The molecule has 0 radical (unpaired) electrons. The first-order valence-electron chi connectivity index (χ1n) is 11.1. The van der Waals surface area contributed by atoms with Gasteiger partial charge in [-0.05, 0) is 81.3 Å². The average Bonchev–Trinajstić information content (AvgIpc) is 2.96. The fourth-order valence-corrected chi connectivity index (χ4v) is 5.37. The van der Waals surface area contributed by atoms with Gasteiger partial charge in [0.15, 0.2) is 0 Å². The van der Waals surface area contributed by atoms with Crippen molar-refractivity contribution < 1.29 is 15.3 Å². The average molecular weight is 399 g/mol. The van der Waals surface area contributed by atoms with Crippen LogP contribution in [-0.2, 0) is 0 Å². The van der Waals surface area contributed by atoms with Gasteiger partial charge in [-0.1, -0.05) is 55.0 Å². The van der Waals surface area contributed by atoms with Crippen molar-refractivity contribution in [3.8, 4) is 0 Å². The summed E-state index contributed by atoms with van der Waals surface area (Å²) in [5, 5.41) is 29.9. The summed E-state index contributed by atoms with van der Waals surface area (Å²) in [6.07, 6.45) is 17.3. The molecule has 2 saturated carbocycles. The SMILES string of the molecule is C=C1/C(=C\C=C2/CCC[C@]3(C)C(CC/C=C/C(C)(C)O)=CCC23)CC(O)C[C@@H]1O. The summed E-state index contributed by atoms with van der Waals surface area (Å²) >= 11 is 0. The molecule has 2 fully saturated rings. The van der Waals surface area contributed by atoms with Crippen molar-refractivity contribution in [2.45, 2.75) is 89.9 Å². The van der Waals surface area contributed by atoms with Crippen molar-refractivity contribution in [2.24, 2.45) is 11.3 Å². The number of aliphatic hydroxyl groups excluding tert-OH is 2. The van der Waals surface area contributed by atoms with Crippen LogP contribution >= 0.6 is 0 Å². The summed E-state index contributed by atoms with van der Waals surface area (Å²) in [7, 11) is 0. The van der Waals surface area contributed by atoms with Gasteiger partial charge < -0.3 is 15.3 Å². The maximum absolute atomic E-state index is 10.1. The van der Waals surface area contributed by atoms with Gasteiger partial charge in [-0.25, -0.2) is 0 Å². The zero-order valence-electron chi connectivity index (χ0n) is 18.3. The summed E-state index contributed by atoms with van der Waals surface area (Å²) in [5.74, 6) is 0.549. The monoisotopic (exact) mass is 398 g/mol. The van der Waals surface area contributed by atoms with Gasteiger partial charge >= 0.3 is 0 Å². The molecule has 0 spiro atoms. The first kappa shape index (κ1) is 22.3. The fourth-order valence-electron chi connectivity index (χ4n) is 5.37. The van der Waals surface area contributed by atoms with Gasteiger partial charge in [-0.3, -0.25) is 0 Å². The number of aliphatic hydroxyl groups is 3. The van der Waals surface area contributed by atoms with E-state index >= 15 is 0 Å². The molecular formula is C26H38O3. The molecule has 0 aromatic carbocycles. The standard InChI is InChI=1S/C26H38O3/c1-18-20(16-22(27)17-24(18)28)11-10-19-8-7-15-26(4)21(12-13-23(19)26)9-5-6-14-25(2,3)29/h6,10-12,14,22-24,27-29H,1,5,7-9,13,15-17H2,2-4H3/b14-6+,19-10+,20-11-/t22?,23?,24-,26+/m0/s1. The minimum absolute atomic E-state index is 0.230. The Bertz CT molecular complexity index is 746. The number of allylic oxidation sites excluding steroid dienone is 6. The van der Waals surface area contributed by atoms with Crippen molar-refractivity contribution in [3.63, 3.8) is 0 Å². The van der Waals surface area contributed by atoms with Crippen molar-refractivity contribution in [2.75, 3.05) is 0 Å². The Kier molecular flexibility index (Phi) is 6.72. The van der Waals surface area contributed by atoms with E-state index in [2.05, 4.69) is 37.8 Å². The molecule has 29 heavy (non-hydrogen) atoms. The van der Waals surface area contributed by atoms with Gasteiger partial charge in [0.1, 0.15) is 0 Å². The highest BCUT2D eigenvalue weighted by Gasteiger charge is 2.44. The minimum atomic E-state index is -0.741. The first-order chi connectivity index (χ1) is 13.6. The first-order valence-corrected chi connectivity index (χ1v) is 11.1. The normalized spacial score (nSPS) is 36.1. The Morgan fingerprint density at radius 3 is 2.76 bits per heavy atom. The Morgan fingerprint density at radius 2 is 2.03 bits per heavy atom. The molecule has 3 aliphatic carbocycles. The molecule has 0 amide bonds. The van der Waals surface area contributed by atoms with Crippen LogP contribution in [0.15, 0.2) is 59.3 Å². The molecule has 0 saturated heterocycles. The van der Waals surface area contributed by atoms with Crippen molar-refractivity contribution in [1.29, 1.82) is 0 Å². The molecule has 3 heteroatoms. The Labute approximate surface area is 176 Å². The van der Waals surface area contributed by atoms with Crippen LogP contribution in [0.1, 0.15) is 72.1 Å². The highest BCUT2D eigenvalue weighted by molar-refractivity contribution is 5.40. The van der Waals surface area contributed by atoms with Crippen molar-refractivity contribution in [1.82, 2.24) is 0 Å². The molecule has 3 nitrogen and oxygen atoms in total. The summed E-state index contributed by atoms with van der Waals surface area (Å²) in [5.41, 5.74) is 4.29. The second-order valence-electron chi connectivity index (χ2n) is 9.95. The molecule has 0 heterocycles. The van der Waals surface area contributed by atoms with Crippen LogP contribution in [0.5, 0.6) is 0 Å². The van der Waals surface area contributed by atoms with E-state index < -0.39 is 17.8 Å². The molecule has 4 atom stereocenters. The summed E-state index contributed by atoms with van der Waals surface area (Å²) in [6, 6.07) is 0. The van der Waals surface area contributed by atoms with E-state index in [1.54, 1.807) is 19.4 Å². The lowest BCUT2D eigenvalue weighted by molar-refractivity contribution is 0.0862. The topological polar surface area (TPSA) is 60.7 Å². The van der Waals surface area contributed by atoms with Gasteiger partial charge in [0.25, 0.3) is 0 Å². The van der Waals surface area contributed by atoms with E-state index in [0.717, 1.165) is 36.8 Å². The maximum Gasteiger partial charge on any atom is 0.0811 e. The number of hydrogen-bond acceptors (Lipinski definition) is 3. The number of rotatable bonds is 5. The third kappa shape index (κ3) is 5.20. The van der Waals surface area contributed by atoms with Gasteiger partial charge in [0.2, 0.25) is 0 Å². The van der Waals surface area contributed by atoms with Crippen LogP contribution < -0.4 is 0 Å². The lowest BCUT2D eigenvalue weighted by atomic mass is 9.63. The Hall–Kier alpha value is -1.42. The minimum Gasteiger partial charge on any atom is -0.393 e. The predicted octanol–water partition coefficient (Wildman–Crippen LogP) is 5.15. The second-order valence-corrected chi connectivity index (χ2v) is 9.95. The molecule has 0 aromatic heterocycles. The maximum atomic E-state index is 10.1. The molecule has 0 bridgehead atoms. The molecule has 0 aromatic rings. The van der Waals surface area contributed by atoms with Crippen LogP contribution in [-0.4, -0.2) is 33.1 Å². The fraction of sp³-hybridized carbons (Fsp3) is 0.615. The molecular weight excluding hydrogens is 360 g/mol. The van der Waals surface area contributed by atoms with E-state index in [1.807, 2.05) is 6.08 Å². The van der Waals surface area contributed by atoms with Crippen molar-refractivity contribution in [3.05, 3.63) is 59.3 Å². The zero-order chi connectivity index (χ0) is 21.2. The molecule has 0 aliphatic heterocycles. The molecule has 3 rings (SSSR count). The third-order valence-corrected chi connectivity index (χ3v) is 7.08. The van der Waals surface area contributed by atoms with E-state index in [0.29, 0.717) is 18.8 Å². The van der Waals surface area contributed by atoms with Gasteiger partial charge in [-0.15, -0.1) is 0 Å². The van der Waals surface area contributed by atoms with E-state index in [4.69, 9.17) is 0 Å². The highest BCUT2D eigenvalue weighted by Crippen LogP contribution is 2.55. The highest BCUT2D eigenvalue weighted by atomic mass is 16.3. The Morgan fingerprint density at radius 1 is 1.28 bits per heavy atom. The van der Waals surface area contributed by atoms with Crippen molar-refractivity contribution >= 4 is 0 Å². The van der Waals surface area contributed by atoms with Gasteiger partial charge in [0, 0.05) is 6.42 Å². The van der Waals surface area contributed by atoms with Crippen LogP contribution in [0.25, 0.3) is 0 Å². The lowest BCUT2D eigenvalue weighted by Gasteiger charge is -2.41. The van der Waals surface area contributed by atoms with E-state index in [1.165, 1.54) is 18.4 Å². The third-order valence-electron chi connectivity index (χ3n) is 7.08. The predicted molar refractivity (Wildman–Crippen MR) is 119 cm³/mol. The molecule has 2 unspecified atom stereocenters. The van der Waals surface area contributed by atoms with E-state index in [-0.39, 0.29) is 5.41 Å². The van der Waals surface area contributed by atoms with Crippen LogP contribution in [0, 0.1) is 11.3 Å². The van der Waals surface area contributed by atoms with E-state index in [9.17, 15) is 15.3 Å². The number of hydrogen-bond donors (Lipinski definition) is 3. The summed E-state index contributed by atoms with van der Waals surface area (Å²) < 4.78 is 0. The van der Waals surface area contributed by atoms with Gasteiger partial charge in [-0.2, -0.15) is 0 Å². The van der Waals surface area contributed by atoms with Gasteiger partial charge in [0.05, 0.1) is 17.8 Å². The molecule has 3 N–H and O–H groups in total. The zero-order valence-corrected chi connectivity index (χ0v) is 18.3. The van der Waals surface area contributed by atoms with Crippen LogP contribution in [0.3, 0.4) is 0 Å². The second kappa shape index (κ2) is 8.75. The van der Waals surface area contributed by atoms with Crippen LogP contribution in [0.4, 0.5) is 0 Å². The molecule has 160 valence electrons. The molecule has 3 aliphatic rings. The largest absolute Gasteiger partial charge is 0.393 e. The summed E-state index contributed by atoms with van der Waals surface area (Å²) in [6.45, 7) is 10.1. The summed E-state index contributed by atoms with van der Waals surface area (Å²) in [4.78, 5) is 0. The quantitative estimate of drug-likeness (QED) is 0.561.